The van der Waals surface area contributed by atoms with E-state index < -0.39 is 23.7 Å². The minimum absolute atomic E-state index is 0.0720. The molecule has 0 fully saturated rings. The zero-order chi connectivity index (χ0) is 16.3. The maximum absolute atomic E-state index is 12.7. The molecule has 0 unspecified atom stereocenters. The van der Waals surface area contributed by atoms with E-state index in [9.17, 15) is 14.4 Å². The van der Waals surface area contributed by atoms with Gasteiger partial charge in [-0.25, -0.2) is 0 Å². The van der Waals surface area contributed by atoms with Crippen LogP contribution in [0.2, 0.25) is 0 Å². The lowest BCUT2D eigenvalue weighted by Gasteiger charge is -2.21. The molecule has 0 saturated heterocycles. The molecule has 0 aromatic carbocycles. The number of carboxylic acids is 1. The van der Waals surface area contributed by atoms with Gasteiger partial charge < -0.3 is 10.0 Å². The van der Waals surface area contributed by atoms with Crippen LogP contribution < -0.4 is 0 Å². The van der Waals surface area contributed by atoms with E-state index in [4.69, 9.17) is 5.11 Å². The first kappa shape index (κ1) is 16.2. The van der Waals surface area contributed by atoms with Crippen LogP contribution >= 0.6 is 11.8 Å². The van der Waals surface area contributed by atoms with E-state index >= 15 is 0 Å². The van der Waals surface area contributed by atoms with E-state index in [-0.39, 0.29) is 16.9 Å². The zero-order valence-corrected chi connectivity index (χ0v) is 13.1. The Morgan fingerprint density at radius 3 is 2.55 bits per heavy atom. The van der Waals surface area contributed by atoms with Gasteiger partial charge in [-0.05, 0) is 17.9 Å². The molecule has 2 rings (SSSR count). The number of aliphatic carboxylic acids is 1. The summed E-state index contributed by atoms with van der Waals surface area (Å²) in [6.07, 6.45) is 2.54. The van der Waals surface area contributed by atoms with E-state index in [1.807, 2.05) is 6.92 Å². The number of pyridine rings is 1. The van der Waals surface area contributed by atoms with Gasteiger partial charge in [0.1, 0.15) is 5.37 Å². The molecule has 116 valence electrons. The molecule has 1 aliphatic rings. The number of aromatic nitrogens is 1. The van der Waals surface area contributed by atoms with Crippen LogP contribution in [0.25, 0.3) is 0 Å². The molecule has 1 N–H and O–H groups in total. The molecule has 0 bridgehead atoms. The maximum atomic E-state index is 12.7. The number of carbonyl (C=O) groups excluding carboxylic acids is 2. The van der Waals surface area contributed by atoms with Gasteiger partial charge in [-0.15, -0.1) is 11.8 Å². The van der Waals surface area contributed by atoms with Crippen LogP contribution in [0.3, 0.4) is 0 Å². The molecule has 0 aliphatic carbocycles. The number of rotatable bonds is 6. The molecule has 0 spiro atoms. The fourth-order valence-corrected chi connectivity index (χ4v) is 3.41. The van der Waals surface area contributed by atoms with Crippen molar-refractivity contribution >= 4 is 29.4 Å². The number of amides is 1. The van der Waals surface area contributed by atoms with Crippen LogP contribution in [0.1, 0.15) is 23.7 Å². The Morgan fingerprint density at radius 1 is 1.36 bits per heavy atom. The Hall–Kier alpha value is -2.15. The molecule has 1 aromatic heterocycles. The number of carbonyl (C=O) groups is 3. The SMILES string of the molecule is CCS[C@H]1C(C(=O)c2ccncc2)=C(CC(=O)O)C(=O)N1C. The average Bonchev–Trinajstić information content (AvgIpc) is 2.72. The second-order valence-electron chi connectivity index (χ2n) is 4.75. The van der Waals surface area contributed by atoms with Crippen molar-refractivity contribution < 1.29 is 19.5 Å². The van der Waals surface area contributed by atoms with E-state index in [0.717, 1.165) is 0 Å². The van der Waals surface area contributed by atoms with Crippen molar-refractivity contribution in [3.05, 3.63) is 41.2 Å². The minimum Gasteiger partial charge on any atom is -0.481 e. The quantitative estimate of drug-likeness (QED) is 0.801. The number of hydrogen-bond acceptors (Lipinski definition) is 5. The topological polar surface area (TPSA) is 87.6 Å². The fraction of sp³-hybridized carbons (Fsp3) is 0.333. The van der Waals surface area contributed by atoms with Gasteiger partial charge >= 0.3 is 5.97 Å². The minimum atomic E-state index is -1.13. The first-order valence-electron chi connectivity index (χ1n) is 6.75. The van der Waals surface area contributed by atoms with Gasteiger partial charge in [0.2, 0.25) is 0 Å². The third kappa shape index (κ3) is 3.04. The predicted molar refractivity (Wildman–Crippen MR) is 82.5 cm³/mol. The van der Waals surface area contributed by atoms with Gasteiger partial charge in [-0.1, -0.05) is 6.92 Å². The second kappa shape index (κ2) is 6.74. The standard InChI is InChI=1S/C15H16N2O4S/c1-3-22-15-12(13(20)9-4-6-16-7-5-9)10(8-11(18)19)14(21)17(15)2/h4-7,15H,3,8H2,1-2H3,(H,18,19)/t15-/m0/s1. The molecular formula is C15H16N2O4S. The Labute approximate surface area is 132 Å². The highest BCUT2D eigenvalue weighted by atomic mass is 32.2. The smallest absolute Gasteiger partial charge is 0.308 e. The molecule has 1 amide bonds. The highest BCUT2D eigenvalue weighted by molar-refractivity contribution is 8.00. The molecule has 6 nitrogen and oxygen atoms in total. The molecular weight excluding hydrogens is 304 g/mol. The summed E-state index contributed by atoms with van der Waals surface area (Å²) in [5, 5.41) is 8.58. The van der Waals surface area contributed by atoms with Crippen molar-refractivity contribution in [1.29, 1.82) is 0 Å². The van der Waals surface area contributed by atoms with E-state index in [0.29, 0.717) is 11.3 Å². The maximum Gasteiger partial charge on any atom is 0.308 e. The molecule has 0 radical (unpaired) electrons. The molecule has 0 saturated carbocycles. The summed E-state index contributed by atoms with van der Waals surface area (Å²) >= 11 is 1.43. The number of Topliss-reactive ketones (excluding diaryl/α,β-unsaturated/α-hetero) is 1. The van der Waals surface area contributed by atoms with Crippen LogP contribution in [0.15, 0.2) is 35.7 Å². The van der Waals surface area contributed by atoms with Gasteiger partial charge in [0.15, 0.2) is 5.78 Å². The molecule has 2 heterocycles. The number of likely N-dealkylation sites (N-methyl/N-ethyl adjacent to an activating group) is 1. The summed E-state index contributed by atoms with van der Waals surface area (Å²) in [5.74, 6) is -1.14. The van der Waals surface area contributed by atoms with Crippen molar-refractivity contribution in [1.82, 2.24) is 9.88 Å². The summed E-state index contributed by atoms with van der Waals surface area (Å²) in [6, 6.07) is 3.12. The number of ketones is 1. The van der Waals surface area contributed by atoms with Gasteiger partial charge in [0, 0.05) is 36.2 Å². The Morgan fingerprint density at radius 2 is 2.00 bits per heavy atom. The van der Waals surface area contributed by atoms with Crippen molar-refractivity contribution in [2.45, 2.75) is 18.7 Å². The molecule has 7 heteroatoms. The van der Waals surface area contributed by atoms with Gasteiger partial charge in [0.05, 0.1) is 6.42 Å². The van der Waals surface area contributed by atoms with Crippen LogP contribution in [-0.4, -0.2) is 50.8 Å². The van der Waals surface area contributed by atoms with Crippen LogP contribution in [0.4, 0.5) is 0 Å². The van der Waals surface area contributed by atoms with Crippen LogP contribution in [-0.2, 0) is 9.59 Å². The van der Waals surface area contributed by atoms with Crippen LogP contribution in [0, 0.1) is 0 Å². The summed E-state index contributed by atoms with van der Waals surface area (Å²) in [5.41, 5.74) is 0.744. The number of hydrogen-bond donors (Lipinski definition) is 1. The monoisotopic (exact) mass is 320 g/mol. The van der Waals surface area contributed by atoms with E-state index in [2.05, 4.69) is 4.98 Å². The Bertz CT molecular complexity index is 642. The summed E-state index contributed by atoms with van der Waals surface area (Å²) < 4.78 is 0. The number of nitrogens with zero attached hydrogens (tertiary/aromatic N) is 2. The second-order valence-corrected chi connectivity index (χ2v) is 6.11. The van der Waals surface area contributed by atoms with Crippen molar-refractivity contribution in [2.24, 2.45) is 0 Å². The third-order valence-electron chi connectivity index (χ3n) is 3.34. The van der Waals surface area contributed by atoms with Gasteiger partial charge in [0.25, 0.3) is 5.91 Å². The van der Waals surface area contributed by atoms with Gasteiger partial charge in [-0.3, -0.25) is 19.4 Å². The first-order valence-corrected chi connectivity index (χ1v) is 7.80. The summed E-state index contributed by atoms with van der Waals surface area (Å²) in [6.45, 7) is 1.92. The Kier molecular flexibility index (Phi) is 4.97. The molecule has 1 aliphatic heterocycles. The van der Waals surface area contributed by atoms with Crippen LogP contribution in [0.5, 0.6) is 0 Å². The van der Waals surface area contributed by atoms with E-state index in [1.165, 1.54) is 29.1 Å². The van der Waals surface area contributed by atoms with E-state index in [1.54, 1.807) is 19.2 Å². The largest absolute Gasteiger partial charge is 0.481 e. The fourth-order valence-electron chi connectivity index (χ4n) is 2.36. The highest BCUT2D eigenvalue weighted by Crippen LogP contribution is 2.35. The average molecular weight is 320 g/mol. The summed E-state index contributed by atoms with van der Waals surface area (Å²) in [7, 11) is 1.59. The van der Waals surface area contributed by atoms with Gasteiger partial charge in [-0.2, -0.15) is 0 Å². The number of thioether (sulfide) groups is 1. The lowest BCUT2D eigenvalue weighted by molar-refractivity contribution is -0.137. The highest BCUT2D eigenvalue weighted by Gasteiger charge is 2.41. The zero-order valence-electron chi connectivity index (χ0n) is 12.3. The lowest BCUT2D eigenvalue weighted by atomic mass is 9.99. The predicted octanol–water partition coefficient (Wildman–Crippen LogP) is 1.59. The third-order valence-corrected chi connectivity index (χ3v) is 4.54. The molecule has 1 aromatic rings. The molecule has 22 heavy (non-hydrogen) atoms. The van der Waals surface area contributed by atoms with Crippen molar-refractivity contribution in [2.75, 3.05) is 12.8 Å². The number of carboxylic acid groups (broad SMARTS) is 1. The summed E-state index contributed by atoms with van der Waals surface area (Å²) in [4.78, 5) is 41.4. The first-order chi connectivity index (χ1) is 10.5. The normalized spacial score (nSPS) is 18.0. The molecule has 1 atom stereocenters. The Balaban J connectivity index is 2.51. The van der Waals surface area contributed by atoms with Crippen molar-refractivity contribution in [3.8, 4) is 0 Å². The van der Waals surface area contributed by atoms with Crippen molar-refractivity contribution in [3.63, 3.8) is 0 Å². The lowest BCUT2D eigenvalue weighted by Crippen LogP contribution is -2.31.